The van der Waals surface area contributed by atoms with Crippen molar-refractivity contribution in [3.05, 3.63) is 29.8 Å². The largest absolute Gasteiger partial charge is 0.493 e. The molecular weight excluding hydrogens is 208 g/mol. The number of aliphatic hydroxyl groups is 1. The molecule has 0 radical (unpaired) electrons. The van der Waals surface area contributed by atoms with Gasteiger partial charge in [-0.05, 0) is 12.5 Å². The van der Waals surface area contributed by atoms with Crippen LogP contribution in [0.1, 0.15) is 18.4 Å². The van der Waals surface area contributed by atoms with E-state index in [0.29, 0.717) is 24.3 Å². The molecule has 0 spiro atoms. The SMILES string of the molecule is O=C(O)C1(CCO)CCOc2ccccc21. The Kier molecular flexibility index (Phi) is 2.83. The summed E-state index contributed by atoms with van der Waals surface area (Å²) >= 11 is 0. The lowest BCUT2D eigenvalue weighted by atomic mass is 9.73. The third-order valence-corrected chi connectivity index (χ3v) is 3.14. The van der Waals surface area contributed by atoms with Crippen LogP contribution in [0.2, 0.25) is 0 Å². The van der Waals surface area contributed by atoms with Crippen LogP contribution in [0.3, 0.4) is 0 Å². The number of aliphatic carboxylic acids is 1. The highest BCUT2D eigenvalue weighted by molar-refractivity contribution is 5.83. The van der Waals surface area contributed by atoms with Gasteiger partial charge < -0.3 is 14.9 Å². The molecule has 1 aromatic rings. The third-order valence-electron chi connectivity index (χ3n) is 3.14. The second-order valence-corrected chi connectivity index (χ2v) is 3.96. The Hall–Kier alpha value is -1.55. The quantitative estimate of drug-likeness (QED) is 0.805. The molecule has 2 N–H and O–H groups in total. The van der Waals surface area contributed by atoms with Gasteiger partial charge in [-0.15, -0.1) is 0 Å². The number of benzene rings is 1. The fraction of sp³-hybridized carbons (Fsp3) is 0.417. The summed E-state index contributed by atoms with van der Waals surface area (Å²) in [4.78, 5) is 11.5. The predicted octanol–water partition coefficient (Wildman–Crippen LogP) is 1.17. The number of para-hydroxylation sites is 1. The molecular formula is C12H14O4. The van der Waals surface area contributed by atoms with E-state index in [1.807, 2.05) is 6.07 Å². The van der Waals surface area contributed by atoms with Crippen molar-refractivity contribution in [2.45, 2.75) is 18.3 Å². The van der Waals surface area contributed by atoms with Crippen LogP contribution in [0, 0.1) is 0 Å². The van der Waals surface area contributed by atoms with Crippen molar-refractivity contribution in [3.8, 4) is 5.75 Å². The highest BCUT2D eigenvalue weighted by atomic mass is 16.5. The van der Waals surface area contributed by atoms with Gasteiger partial charge in [0.25, 0.3) is 0 Å². The minimum Gasteiger partial charge on any atom is -0.493 e. The van der Waals surface area contributed by atoms with E-state index in [-0.39, 0.29) is 13.0 Å². The first-order chi connectivity index (χ1) is 7.70. The lowest BCUT2D eigenvalue weighted by Gasteiger charge is -2.34. The zero-order chi connectivity index (χ0) is 11.6. The molecule has 0 bridgehead atoms. The molecule has 0 amide bonds. The standard InChI is InChI=1S/C12H14O4/c13-7-5-12(11(14)15)6-8-16-10-4-2-1-3-9(10)12/h1-4,13H,5-8H2,(H,14,15). The molecule has 0 saturated carbocycles. The Morgan fingerprint density at radius 3 is 2.88 bits per heavy atom. The van der Waals surface area contributed by atoms with Crippen molar-refractivity contribution in [2.24, 2.45) is 0 Å². The molecule has 0 fully saturated rings. The van der Waals surface area contributed by atoms with E-state index in [2.05, 4.69) is 0 Å². The zero-order valence-corrected chi connectivity index (χ0v) is 8.85. The molecule has 4 heteroatoms. The van der Waals surface area contributed by atoms with Gasteiger partial charge >= 0.3 is 5.97 Å². The summed E-state index contributed by atoms with van der Waals surface area (Å²) in [5, 5.41) is 18.5. The summed E-state index contributed by atoms with van der Waals surface area (Å²) in [6.07, 6.45) is 0.628. The van der Waals surface area contributed by atoms with Gasteiger partial charge in [-0.3, -0.25) is 4.79 Å². The minimum atomic E-state index is -0.996. The second-order valence-electron chi connectivity index (χ2n) is 3.96. The van der Waals surface area contributed by atoms with Crippen LogP contribution in [0.15, 0.2) is 24.3 Å². The number of fused-ring (bicyclic) bond motifs is 1. The summed E-state index contributed by atoms with van der Waals surface area (Å²) in [6, 6.07) is 7.14. The van der Waals surface area contributed by atoms with Gasteiger partial charge in [-0.1, -0.05) is 18.2 Å². The number of ether oxygens (including phenoxy) is 1. The van der Waals surface area contributed by atoms with Gasteiger partial charge in [-0.2, -0.15) is 0 Å². The summed E-state index contributed by atoms with van der Waals surface area (Å²) < 4.78 is 5.43. The van der Waals surface area contributed by atoms with Crippen LogP contribution >= 0.6 is 0 Å². The maximum atomic E-state index is 11.5. The van der Waals surface area contributed by atoms with E-state index in [9.17, 15) is 9.90 Å². The van der Waals surface area contributed by atoms with Gasteiger partial charge in [-0.25, -0.2) is 0 Å². The highest BCUT2D eigenvalue weighted by Crippen LogP contribution is 2.41. The van der Waals surface area contributed by atoms with E-state index in [1.54, 1.807) is 18.2 Å². The van der Waals surface area contributed by atoms with Crippen molar-refractivity contribution in [1.29, 1.82) is 0 Å². The first-order valence-corrected chi connectivity index (χ1v) is 5.27. The van der Waals surface area contributed by atoms with Gasteiger partial charge in [0.05, 0.1) is 6.61 Å². The van der Waals surface area contributed by atoms with Gasteiger partial charge in [0.1, 0.15) is 11.2 Å². The lowest BCUT2D eigenvalue weighted by molar-refractivity contribution is -0.146. The van der Waals surface area contributed by atoms with Crippen LogP contribution in [-0.4, -0.2) is 29.4 Å². The van der Waals surface area contributed by atoms with Gasteiger partial charge in [0, 0.05) is 18.6 Å². The number of aliphatic hydroxyl groups excluding tert-OH is 1. The Morgan fingerprint density at radius 1 is 1.44 bits per heavy atom. The number of hydrogen-bond donors (Lipinski definition) is 2. The van der Waals surface area contributed by atoms with Crippen LogP contribution < -0.4 is 4.74 Å². The first-order valence-electron chi connectivity index (χ1n) is 5.27. The van der Waals surface area contributed by atoms with Crippen LogP contribution in [0.25, 0.3) is 0 Å². The number of carbonyl (C=O) groups is 1. The molecule has 1 unspecified atom stereocenters. The summed E-state index contributed by atoms with van der Waals surface area (Å²) in [5.74, 6) is -0.276. The molecule has 2 rings (SSSR count). The summed E-state index contributed by atoms with van der Waals surface area (Å²) in [7, 11) is 0. The fourth-order valence-corrected chi connectivity index (χ4v) is 2.24. The average Bonchev–Trinajstić information content (AvgIpc) is 2.29. The molecule has 1 aliphatic rings. The first kappa shape index (κ1) is 11.0. The third kappa shape index (κ3) is 1.55. The Balaban J connectivity index is 2.52. The van der Waals surface area contributed by atoms with Crippen LogP contribution in [-0.2, 0) is 10.2 Å². The molecule has 86 valence electrons. The van der Waals surface area contributed by atoms with E-state index in [0.717, 1.165) is 0 Å². The average molecular weight is 222 g/mol. The Bertz CT molecular complexity index is 402. The van der Waals surface area contributed by atoms with Gasteiger partial charge in [0.2, 0.25) is 0 Å². The van der Waals surface area contributed by atoms with Crippen LogP contribution in [0.4, 0.5) is 0 Å². The number of carboxylic acids is 1. The maximum Gasteiger partial charge on any atom is 0.314 e. The smallest absolute Gasteiger partial charge is 0.314 e. The van der Waals surface area contributed by atoms with Crippen molar-refractivity contribution in [3.63, 3.8) is 0 Å². The number of carboxylic acid groups (broad SMARTS) is 1. The van der Waals surface area contributed by atoms with E-state index in [4.69, 9.17) is 9.84 Å². The second kappa shape index (κ2) is 4.14. The fourth-order valence-electron chi connectivity index (χ4n) is 2.24. The molecule has 1 aromatic carbocycles. The number of rotatable bonds is 3. The minimum absolute atomic E-state index is 0.138. The Labute approximate surface area is 93.5 Å². The van der Waals surface area contributed by atoms with Crippen molar-refractivity contribution >= 4 is 5.97 Å². The highest BCUT2D eigenvalue weighted by Gasteiger charge is 2.44. The molecule has 1 heterocycles. The number of hydrogen-bond acceptors (Lipinski definition) is 3. The van der Waals surface area contributed by atoms with E-state index in [1.165, 1.54) is 0 Å². The summed E-state index contributed by atoms with van der Waals surface area (Å²) in [6.45, 7) is 0.240. The van der Waals surface area contributed by atoms with Crippen molar-refractivity contribution in [2.75, 3.05) is 13.2 Å². The lowest BCUT2D eigenvalue weighted by Crippen LogP contribution is -2.41. The molecule has 0 saturated heterocycles. The monoisotopic (exact) mass is 222 g/mol. The van der Waals surface area contributed by atoms with Crippen LogP contribution in [0.5, 0.6) is 5.75 Å². The van der Waals surface area contributed by atoms with E-state index >= 15 is 0 Å². The van der Waals surface area contributed by atoms with Crippen molar-refractivity contribution < 1.29 is 19.7 Å². The predicted molar refractivity (Wildman–Crippen MR) is 57.6 cm³/mol. The van der Waals surface area contributed by atoms with Gasteiger partial charge in [0.15, 0.2) is 0 Å². The van der Waals surface area contributed by atoms with E-state index < -0.39 is 11.4 Å². The molecule has 16 heavy (non-hydrogen) atoms. The molecule has 0 aliphatic carbocycles. The zero-order valence-electron chi connectivity index (χ0n) is 8.85. The molecule has 1 atom stereocenters. The molecule has 4 nitrogen and oxygen atoms in total. The molecule has 0 aromatic heterocycles. The maximum absolute atomic E-state index is 11.5. The topological polar surface area (TPSA) is 66.8 Å². The normalized spacial score (nSPS) is 23.3. The van der Waals surface area contributed by atoms with Crippen molar-refractivity contribution in [1.82, 2.24) is 0 Å². The molecule has 1 aliphatic heterocycles. The summed E-state index contributed by atoms with van der Waals surface area (Å²) in [5.41, 5.74) is -0.327. The Morgan fingerprint density at radius 2 is 2.19 bits per heavy atom.